The lowest BCUT2D eigenvalue weighted by atomic mass is 9.88. The van der Waals surface area contributed by atoms with Crippen molar-refractivity contribution in [2.45, 2.75) is 38.5 Å². The highest BCUT2D eigenvalue weighted by molar-refractivity contribution is 5.82. The summed E-state index contributed by atoms with van der Waals surface area (Å²) < 4.78 is 5.14. The molecule has 0 heterocycles. The average molecular weight is 260 g/mol. The van der Waals surface area contributed by atoms with Crippen LogP contribution in [0.15, 0.2) is 29.3 Å². The first-order valence-corrected chi connectivity index (χ1v) is 7.22. The number of aliphatic imine (C=N–C) groups is 1. The zero-order valence-electron chi connectivity index (χ0n) is 11.8. The smallest absolute Gasteiger partial charge is 0.118 e. The molecule has 1 aromatic carbocycles. The van der Waals surface area contributed by atoms with Crippen molar-refractivity contribution in [3.63, 3.8) is 0 Å². The fourth-order valence-electron chi connectivity index (χ4n) is 2.63. The number of benzene rings is 1. The molecule has 0 atom stereocenters. The zero-order valence-corrected chi connectivity index (χ0v) is 11.8. The SMILES string of the molecule is COc1ccc(CCN=C(N)C2CCCCC2)cc1. The van der Waals surface area contributed by atoms with Gasteiger partial charge in [0.2, 0.25) is 0 Å². The van der Waals surface area contributed by atoms with E-state index in [0.29, 0.717) is 5.92 Å². The first kappa shape index (κ1) is 13.9. The molecule has 0 amide bonds. The van der Waals surface area contributed by atoms with Crippen molar-refractivity contribution >= 4 is 5.84 Å². The molecule has 104 valence electrons. The van der Waals surface area contributed by atoms with Gasteiger partial charge in [-0.15, -0.1) is 0 Å². The molecule has 0 spiro atoms. The highest BCUT2D eigenvalue weighted by atomic mass is 16.5. The van der Waals surface area contributed by atoms with Crippen LogP contribution in [0.4, 0.5) is 0 Å². The van der Waals surface area contributed by atoms with E-state index in [1.54, 1.807) is 7.11 Å². The lowest BCUT2D eigenvalue weighted by Crippen LogP contribution is -2.26. The quantitative estimate of drug-likeness (QED) is 0.653. The van der Waals surface area contributed by atoms with Gasteiger partial charge in [0.15, 0.2) is 0 Å². The summed E-state index contributed by atoms with van der Waals surface area (Å²) in [5, 5.41) is 0. The van der Waals surface area contributed by atoms with E-state index in [2.05, 4.69) is 17.1 Å². The normalized spacial score (nSPS) is 17.4. The van der Waals surface area contributed by atoms with Gasteiger partial charge in [0.05, 0.1) is 12.9 Å². The van der Waals surface area contributed by atoms with Crippen LogP contribution in [0.5, 0.6) is 5.75 Å². The monoisotopic (exact) mass is 260 g/mol. The molecule has 2 N–H and O–H groups in total. The van der Waals surface area contributed by atoms with Gasteiger partial charge in [-0.3, -0.25) is 4.99 Å². The van der Waals surface area contributed by atoms with Crippen molar-refractivity contribution in [1.29, 1.82) is 0 Å². The molecular formula is C16H24N2O. The number of hydrogen-bond acceptors (Lipinski definition) is 2. The lowest BCUT2D eigenvalue weighted by molar-refractivity contribution is 0.414. The number of nitrogens with two attached hydrogens (primary N) is 1. The Morgan fingerprint density at radius 1 is 1.21 bits per heavy atom. The number of nitrogens with zero attached hydrogens (tertiary/aromatic N) is 1. The first-order valence-electron chi connectivity index (χ1n) is 7.22. The molecule has 0 radical (unpaired) electrons. The zero-order chi connectivity index (χ0) is 13.5. The molecule has 3 heteroatoms. The Labute approximate surface area is 115 Å². The Kier molecular flexibility index (Phi) is 5.25. The van der Waals surface area contributed by atoms with E-state index in [1.807, 2.05) is 12.1 Å². The van der Waals surface area contributed by atoms with Crippen LogP contribution in [0, 0.1) is 5.92 Å². The molecule has 0 unspecified atom stereocenters. The molecule has 0 saturated heterocycles. The van der Waals surface area contributed by atoms with Crippen molar-refractivity contribution in [2.75, 3.05) is 13.7 Å². The first-order chi connectivity index (χ1) is 9.29. The van der Waals surface area contributed by atoms with Gasteiger partial charge in [-0.1, -0.05) is 31.4 Å². The van der Waals surface area contributed by atoms with Crippen molar-refractivity contribution in [3.05, 3.63) is 29.8 Å². The summed E-state index contributed by atoms with van der Waals surface area (Å²) in [6, 6.07) is 8.16. The Balaban J connectivity index is 1.80. The Hall–Kier alpha value is -1.51. The van der Waals surface area contributed by atoms with Crippen LogP contribution in [0.1, 0.15) is 37.7 Å². The predicted octanol–water partition coefficient (Wildman–Crippen LogP) is 3.18. The molecule has 1 aliphatic rings. The molecule has 3 nitrogen and oxygen atoms in total. The van der Waals surface area contributed by atoms with Gasteiger partial charge in [-0.25, -0.2) is 0 Å². The van der Waals surface area contributed by atoms with Gasteiger partial charge >= 0.3 is 0 Å². The standard InChI is InChI=1S/C16H24N2O/c1-19-15-9-7-13(8-10-15)11-12-18-16(17)14-5-3-2-4-6-14/h7-10,14H,2-6,11-12H2,1H3,(H2,17,18). The highest BCUT2D eigenvalue weighted by Crippen LogP contribution is 2.23. The molecule has 1 aromatic rings. The van der Waals surface area contributed by atoms with Crippen LogP contribution >= 0.6 is 0 Å². The van der Waals surface area contributed by atoms with Gasteiger partial charge in [0.25, 0.3) is 0 Å². The minimum absolute atomic E-state index is 0.532. The van der Waals surface area contributed by atoms with Crippen LogP contribution in [0.3, 0.4) is 0 Å². The topological polar surface area (TPSA) is 47.6 Å². The van der Waals surface area contributed by atoms with E-state index in [4.69, 9.17) is 10.5 Å². The number of ether oxygens (including phenoxy) is 1. The lowest BCUT2D eigenvalue weighted by Gasteiger charge is -2.20. The maximum absolute atomic E-state index is 6.09. The summed E-state index contributed by atoms with van der Waals surface area (Å²) in [6.45, 7) is 0.786. The number of amidine groups is 1. The average Bonchev–Trinajstić information content (AvgIpc) is 2.49. The van der Waals surface area contributed by atoms with E-state index < -0.39 is 0 Å². The summed E-state index contributed by atoms with van der Waals surface area (Å²) in [6.07, 6.45) is 7.35. The second-order valence-corrected chi connectivity index (χ2v) is 5.24. The van der Waals surface area contributed by atoms with Crippen molar-refractivity contribution in [3.8, 4) is 5.75 Å². The molecule has 0 aliphatic heterocycles. The third kappa shape index (κ3) is 4.27. The molecule has 2 rings (SSSR count). The summed E-state index contributed by atoms with van der Waals surface area (Å²) in [5.41, 5.74) is 7.37. The van der Waals surface area contributed by atoms with E-state index in [9.17, 15) is 0 Å². The predicted molar refractivity (Wildman–Crippen MR) is 79.8 cm³/mol. The maximum Gasteiger partial charge on any atom is 0.118 e. The van der Waals surface area contributed by atoms with E-state index in [-0.39, 0.29) is 0 Å². The number of hydrogen-bond donors (Lipinski definition) is 1. The third-order valence-corrected chi connectivity index (χ3v) is 3.88. The van der Waals surface area contributed by atoms with Gasteiger partial charge < -0.3 is 10.5 Å². The van der Waals surface area contributed by atoms with Crippen LogP contribution in [-0.2, 0) is 6.42 Å². The van der Waals surface area contributed by atoms with E-state index >= 15 is 0 Å². The Morgan fingerprint density at radius 2 is 1.89 bits per heavy atom. The molecular weight excluding hydrogens is 236 g/mol. The third-order valence-electron chi connectivity index (χ3n) is 3.88. The maximum atomic E-state index is 6.09. The van der Waals surface area contributed by atoms with Crippen LogP contribution < -0.4 is 10.5 Å². The van der Waals surface area contributed by atoms with Gasteiger partial charge in [0.1, 0.15) is 5.75 Å². The number of methoxy groups -OCH3 is 1. The van der Waals surface area contributed by atoms with E-state index in [0.717, 1.165) is 24.6 Å². The van der Waals surface area contributed by atoms with E-state index in [1.165, 1.54) is 37.7 Å². The minimum Gasteiger partial charge on any atom is -0.497 e. The van der Waals surface area contributed by atoms with Gasteiger partial charge in [-0.2, -0.15) is 0 Å². The molecule has 1 saturated carbocycles. The largest absolute Gasteiger partial charge is 0.497 e. The molecule has 19 heavy (non-hydrogen) atoms. The summed E-state index contributed by atoms with van der Waals surface area (Å²) in [5.74, 6) is 2.30. The molecule has 1 aliphatic carbocycles. The second kappa shape index (κ2) is 7.17. The highest BCUT2D eigenvalue weighted by Gasteiger charge is 2.16. The second-order valence-electron chi connectivity index (χ2n) is 5.24. The summed E-state index contributed by atoms with van der Waals surface area (Å²) in [4.78, 5) is 4.55. The fourth-order valence-corrected chi connectivity index (χ4v) is 2.63. The van der Waals surface area contributed by atoms with Crippen molar-refractivity contribution < 1.29 is 4.74 Å². The van der Waals surface area contributed by atoms with Crippen molar-refractivity contribution in [2.24, 2.45) is 16.6 Å². The molecule has 0 bridgehead atoms. The fraction of sp³-hybridized carbons (Fsp3) is 0.562. The van der Waals surface area contributed by atoms with Crippen LogP contribution in [-0.4, -0.2) is 19.5 Å². The molecule has 1 fully saturated rings. The van der Waals surface area contributed by atoms with Gasteiger partial charge in [0, 0.05) is 12.5 Å². The summed E-state index contributed by atoms with van der Waals surface area (Å²) in [7, 11) is 1.68. The van der Waals surface area contributed by atoms with Crippen LogP contribution in [0.25, 0.3) is 0 Å². The van der Waals surface area contributed by atoms with Crippen molar-refractivity contribution in [1.82, 2.24) is 0 Å². The molecule has 0 aromatic heterocycles. The Morgan fingerprint density at radius 3 is 2.53 bits per heavy atom. The summed E-state index contributed by atoms with van der Waals surface area (Å²) >= 11 is 0. The Bertz CT molecular complexity index is 405. The minimum atomic E-state index is 0.532. The van der Waals surface area contributed by atoms with Crippen LogP contribution in [0.2, 0.25) is 0 Å². The number of rotatable bonds is 5. The van der Waals surface area contributed by atoms with Gasteiger partial charge in [-0.05, 0) is 37.0 Å².